The van der Waals surface area contributed by atoms with Crippen LogP contribution in [0.5, 0.6) is 5.75 Å². The molecule has 0 aliphatic heterocycles. The van der Waals surface area contributed by atoms with Crippen molar-refractivity contribution in [2.75, 3.05) is 24.4 Å². The average Bonchev–Trinajstić information content (AvgIpc) is 2.66. The number of rotatable bonds is 6. The number of urea groups is 1. The van der Waals surface area contributed by atoms with Gasteiger partial charge in [-0.2, -0.15) is 5.26 Å². The van der Waals surface area contributed by atoms with E-state index in [4.69, 9.17) is 15.1 Å². The number of ketones is 1. The Bertz CT molecular complexity index is 867. The van der Waals surface area contributed by atoms with Gasteiger partial charge in [-0.1, -0.05) is 18.2 Å². The highest BCUT2D eigenvalue weighted by Crippen LogP contribution is 2.22. The maximum absolute atomic E-state index is 12.1. The summed E-state index contributed by atoms with van der Waals surface area (Å²) in [6.45, 7) is -0.533. The molecule has 0 aliphatic carbocycles. The van der Waals surface area contributed by atoms with Crippen LogP contribution >= 0.6 is 0 Å². The zero-order chi connectivity index (χ0) is 18.9. The molecular weight excluding hydrogens is 334 g/mol. The second kappa shape index (κ2) is 9.01. The van der Waals surface area contributed by atoms with Crippen molar-refractivity contribution >= 4 is 29.3 Å². The second-order valence-corrected chi connectivity index (χ2v) is 5.19. The van der Waals surface area contributed by atoms with Crippen molar-refractivity contribution in [1.82, 2.24) is 0 Å². The zero-order valence-electron chi connectivity index (χ0n) is 14.0. The van der Waals surface area contributed by atoms with Crippen LogP contribution < -0.4 is 15.4 Å². The van der Waals surface area contributed by atoms with Crippen molar-refractivity contribution in [2.45, 2.75) is 0 Å². The number of hydrogen-bond donors (Lipinski definition) is 3. The Morgan fingerprint density at radius 2 is 1.81 bits per heavy atom. The van der Waals surface area contributed by atoms with Crippen LogP contribution in [0.3, 0.4) is 0 Å². The predicted octanol–water partition coefficient (Wildman–Crippen LogP) is 2.79. The fraction of sp³-hybridized carbons (Fsp3) is 0.105. The molecule has 0 heterocycles. The smallest absolute Gasteiger partial charge is 0.323 e. The van der Waals surface area contributed by atoms with Gasteiger partial charge in [-0.15, -0.1) is 0 Å². The average molecular weight is 351 g/mol. The highest BCUT2D eigenvalue weighted by atomic mass is 16.5. The molecule has 7 nitrogen and oxygen atoms in total. The number of amides is 2. The Morgan fingerprint density at radius 1 is 1.15 bits per heavy atom. The number of nitriles is 1. The molecule has 0 atom stereocenters. The highest BCUT2D eigenvalue weighted by molar-refractivity contribution is 6.00. The van der Waals surface area contributed by atoms with E-state index in [2.05, 4.69) is 10.6 Å². The number of hydrogen-bond acceptors (Lipinski definition) is 5. The van der Waals surface area contributed by atoms with Crippen LogP contribution in [0.4, 0.5) is 16.2 Å². The van der Waals surface area contributed by atoms with Gasteiger partial charge in [0.05, 0.1) is 12.7 Å². The van der Waals surface area contributed by atoms with Gasteiger partial charge in [0.2, 0.25) is 0 Å². The van der Waals surface area contributed by atoms with E-state index in [0.717, 1.165) is 5.56 Å². The fourth-order valence-electron chi connectivity index (χ4n) is 2.09. The summed E-state index contributed by atoms with van der Waals surface area (Å²) in [7, 11) is 1.47. The van der Waals surface area contributed by atoms with Gasteiger partial charge >= 0.3 is 6.03 Å². The van der Waals surface area contributed by atoms with Crippen molar-refractivity contribution in [3.63, 3.8) is 0 Å². The first-order valence-corrected chi connectivity index (χ1v) is 7.63. The summed E-state index contributed by atoms with van der Waals surface area (Å²) < 4.78 is 5.05. The Balaban J connectivity index is 1.99. The molecule has 7 heteroatoms. The summed E-state index contributed by atoms with van der Waals surface area (Å²) in [4.78, 5) is 23.1. The van der Waals surface area contributed by atoms with Crippen LogP contribution in [0, 0.1) is 11.3 Å². The Kier molecular flexibility index (Phi) is 6.48. The molecule has 0 saturated heterocycles. The summed E-state index contributed by atoms with van der Waals surface area (Å²) in [5.41, 5.74) is 2.09. The lowest BCUT2D eigenvalue weighted by Crippen LogP contribution is -2.19. The molecule has 2 rings (SSSR count). The number of nitrogens with zero attached hydrogens (tertiary/aromatic N) is 1. The fourth-order valence-corrected chi connectivity index (χ4v) is 2.09. The predicted molar refractivity (Wildman–Crippen MR) is 97.9 cm³/mol. The number of aliphatic hydroxyl groups is 1. The molecule has 0 spiro atoms. The molecule has 0 saturated carbocycles. The van der Waals surface area contributed by atoms with Gasteiger partial charge in [-0.05, 0) is 42.0 Å². The first-order valence-electron chi connectivity index (χ1n) is 7.63. The van der Waals surface area contributed by atoms with Crippen LogP contribution in [0.25, 0.3) is 6.08 Å². The number of benzene rings is 2. The second-order valence-electron chi connectivity index (χ2n) is 5.19. The summed E-state index contributed by atoms with van der Waals surface area (Å²) in [6.07, 6.45) is 2.86. The molecule has 0 fully saturated rings. The van der Waals surface area contributed by atoms with Crippen molar-refractivity contribution < 1.29 is 19.4 Å². The molecule has 2 aromatic carbocycles. The molecule has 0 aliphatic rings. The van der Waals surface area contributed by atoms with E-state index in [1.54, 1.807) is 42.5 Å². The zero-order valence-corrected chi connectivity index (χ0v) is 14.0. The standard InChI is InChI=1S/C19H17N3O4/c1-26-18-9-7-16(10-14(18)11-20)22-19(25)21-15-5-2-13(3-6-15)4-8-17(24)12-23/h2-10,23H,12H2,1H3,(H2,21,22,25)/b8-4+. The third-order valence-corrected chi connectivity index (χ3v) is 3.36. The molecule has 0 aromatic heterocycles. The van der Waals surface area contributed by atoms with Crippen molar-refractivity contribution in [3.8, 4) is 11.8 Å². The van der Waals surface area contributed by atoms with E-state index in [-0.39, 0.29) is 5.78 Å². The Morgan fingerprint density at radius 3 is 2.42 bits per heavy atom. The monoisotopic (exact) mass is 351 g/mol. The third kappa shape index (κ3) is 5.19. The SMILES string of the molecule is COc1ccc(NC(=O)Nc2ccc(/C=C/C(=O)CO)cc2)cc1C#N. The number of nitrogens with one attached hydrogen (secondary N) is 2. The Hall–Kier alpha value is -3.63. The quantitative estimate of drug-likeness (QED) is 0.693. The summed E-state index contributed by atoms with van der Waals surface area (Å²) in [6, 6.07) is 13.1. The van der Waals surface area contributed by atoms with E-state index in [1.807, 2.05) is 6.07 Å². The number of carbonyl (C=O) groups excluding carboxylic acids is 2. The van der Waals surface area contributed by atoms with Crippen LogP contribution in [-0.2, 0) is 4.79 Å². The summed E-state index contributed by atoms with van der Waals surface area (Å²) in [5.74, 6) is 0.0459. The largest absolute Gasteiger partial charge is 0.495 e. The molecule has 0 unspecified atom stereocenters. The van der Waals surface area contributed by atoms with Crippen LogP contribution in [-0.4, -0.2) is 30.6 Å². The van der Waals surface area contributed by atoms with Crippen LogP contribution in [0.15, 0.2) is 48.5 Å². The lowest BCUT2D eigenvalue weighted by molar-refractivity contribution is -0.117. The maximum atomic E-state index is 12.1. The molecule has 0 radical (unpaired) electrons. The van der Waals surface area contributed by atoms with Gasteiger partial charge in [0, 0.05) is 11.4 Å². The highest BCUT2D eigenvalue weighted by Gasteiger charge is 2.07. The van der Waals surface area contributed by atoms with Gasteiger partial charge in [-0.3, -0.25) is 4.79 Å². The minimum absolute atomic E-state index is 0.318. The first-order chi connectivity index (χ1) is 12.5. The molecule has 26 heavy (non-hydrogen) atoms. The summed E-state index contributed by atoms with van der Waals surface area (Å²) in [5, 5.41) is 23.0. The molecule has 3 N–H and O–H groups in total. The lowest BCUT2D eigenvalue weighted by Gasteiger charge is -2.09. The maximum Gasteiger partial charge on any atom is 0.323 e. The van der Waals surface area contributed by atoms with E-state index in [9.17, 15) is 9.59 Å². The first kappa shape index (κ1) is 18.7. The third-order valence-electron chi connectivity index (χ3n) is 3.36. The minimum atomic E-state index is -0.533. The molecule has 2 amide bonds. The normalized spacial score (nSPS) is 10.2. The minimum Gasteiger partial charge on any atom is -0.495 e. The van der Waals surface area contributed by atoms with E-state index >= 15 is 0 Å². The summed E-state index contributed by atoms with van der Waals surface area (Å²) >= 11 is 0. The van der Waals surface area contributed by atoms with Gasteiger partial charge in [0.15, 0.2) is 5.78 Å². The van der Waals surface area contributed by atoms with E-state index < -0.39 is 12.6 Å². The van der Waals surface area contributed by atoms with Gasteiger partial charge in [0.1, 0.15) is 18.4 Å². The van der Waals surface area contributed by atoms with Gasteiger partial charge in [-0.25, -0.2) is 4.79 Å². The number of methoxy groups -OCH3 is 1. The number of aliphatic hydroxyl groups excluding tert-OH is 1. The van der Waals surface area contributed by atoms with E-state index in [0.29, 0.717) is 22.7 Å². The Labute approximate surface area is 150 Å². The number of ether oxygens (including phenoxy) is 1. The molecule has 2 aromatic rings. The topological polar surface area (TPSA) is 111 Å². The number of anilines is 2. The molecule has 132 valence electrons. The van der Waals surface area contributed by atoms with Crippen molar-refractivity contribution in [3.05, 3.63) is 59.7 Å². The molecular formula is C19H17N3O4. The van der Waals surface area contributed by atoms with E-state index in [1.165, 1.54) is 19.3 Å². The lowest BCUT2D eigenvalue weighted by atomic mass is 10.2. The molecule has 0 bridgehead atoms. The van der Waals surface area contributed by atoms with Crippen molar-refractivity contribution in [1.29, 1.82) is 5.26 Å². The van der Waals surface area contributed by atoms with Crippen LogP contribution in [0.2, 0.25) is 0 Å². The van der Waals surface area contributed by atoms with Gasteiger partial charge < -0.3 is 20.5 Å². The van der Waals surface area contributed by atoms with Gasteiger partial charge in [0.25, 0.3) is 0 Å². The van der Waals surface area contributed by atoms with Crippen molar-refractivity contribution in [2.24, 2.45) is 0 Å². The van der Waals surface area contributed by atoms with Crippen LogP contribution in [0.1, 0.15) is 11.1 Å². The number of carbonyl (C=O) groups is 2.